The summed E-state index contributed by atoms with van der Waals surface area (Å²) in [6.45, 7) is 8.24. The van der Waals surface area contributed by atoms with E-state index < -0.39 is 0 Å². The van der Waals surface area contributed by atoms with Crippen molar-refractivity contribution >= 4 is 6.03 Å². The van der Waals surface area contributed by atoms with Gasteiger partial charge < -0.3 is 19.6 Å². The monoisotopic (exact) mass is 330 g/mol. The second-order valence-electron chi connectivity index (χ2n) is 7.05. The van der Waals surface area contributed by atoms with Crippen LogP contribution < -0.4 is 10.6 Å². The van der Waals surface area contributed by atoms with Crippen LogP contribution in [0.3, 0.4) is 0 Å². The van der Waals surface area contributed by atoms with Crippen LogP contribution in [0.25, 0.3) is 0 Å². The van der Waals surface area contributed by atoms with E-state index in [9.17, 15) is 4.79 Å². The van der Waals surface area contributed by atoms with Gasteiger partial charge in [-0.05, 0) is 30.4 Å². The van der Waals surface area contributed by atoms with E-state index in [4.69, 9.17) is 4.42 Å². The zero-order chi connectivity index (χ0) is 17.1. The second-order valence-corrected chi connectivity index (χ2v) is 7.05. The minimum atomic E-state index is -0.216. The highest BCUT2D eigenvalue weighted by Crippen LogP contribution is 2.47. The number of aromatic nitrogens is 2. The Labute approximate surface area is 142 Å². The summed E-state index contributed by atoms with van der Waals surface area (Å²) >= 11 is 0. The third-order valence-electron chi connectivity index (χ3n) is 4.35. The number of rotatable bonds is 7. The summed E-state index contributed by atoms with van der Waals surface area (Å²) < 4.78 is 7.85. The first-order chi connectivity index (χ1) is 11.5. The van der Waals surface area contributed by atoms with Gasteiger partial charge in [-0.2, -0.15) is 0 Å². The number of amides is 2. The Morgan fingerprint density at radius 1 is 1.38 bits per heavy atom. The van der Waals surface area contributed by atoms with Crippen LogP contribution in [-0.2, 0) is 19.6 Å². The van der Waals surface area contributed by atoms with Crippen molar-refractivity contribution < 1.29 is 9.21 Å². The molecule has 1 saturated carbocycles. The Hall–Kier alpha value is -2.24. The zero-order valence-electron chi connectivity index (χ0n) is 14.6. The summed E-state index contributed by atoms with van der Waals surface area (Å²) in [6, 6.07) is 3.74. The summed E-state index contributed by atoms with van der Waals surface area (Å²) in [5, 5.41) is 5.67. The molecule has 3 rings (SSSR count). The van der Waals surface area contributed by atoms with Gasteiger partial charge in [0.05, 0.1) is 13.1 Å². The lowest BCUT2D eigenvalue weighted by Crippen LogP contribution is -2.35. The van der Waals surface area contributed by atoms with Gasteiger partial charge in [0.15, 0.2) is 0 Å². The number of hydrogen-bond donors (Lipinski definition) is 2. The van der Waals surface area contributed by atoms with Gasteiger partial charge in [-0.15, -0.1) is 0 Å². The average Bonchev–Trinajstić information content (AvgIpc) is 2.94. The molecule has 2 amide bonds. The summed E-state index contributed by atoms with van der Waals surface area (Å²) in [5.41, 5.74) is 0. The largest absolute Gasteiger partial charge is 0.464 e. The minimum Gasteiger partial charge on any atom is -0.464 e. The topological polar surface area (TPSA) is 72.1 Å². The third-order valence-corrected chi connectivity index (χ3v) is 4.35. The molecule has 2 atom stereocenters. The van der Waals surface area contributed by atoms with Crippen LogP contribution in [0.4, 0.5) is 4.79 Å². The van der Waals surface area contributed by atoms with E-state index in [0.717, 1.165) is 29.8 Å². The number of nitrogens with zero attached hydrogens (tertiary/aromatic N) is 2. The molecule has 0 radical (unpaired) electrons. The molecule has 2 heterocycles. The Balaban J connectivity index is 1.43. The number of imidazole rings is 1. The van der Waals surface area contributed by atoms with Crippen LogP contribution in [0, 0.1) is 11.8 Å². The molecule has 1 aliphatic rings. The first kappa shape index (κ1) is 16.6. The highest BCUT2D eigenvalue weighted by molar-refractivity contribution is 5.73. The quantitative estimate of drug-likeness (QED) is 0.818. The minimum absolute atomic E-state index is 0.216. The van der Waals surface area contributed by atoms with Gasteiger partial charge in [-0.1, -0.05) is 20.8 Å². The number of carbonyl (C=O) groups excluding carboxylic acids is 1. The van der Waals surface area contributed by atoms with Crippen LogP contribution in [0.1, 0.15) is 50.5 Å². The van der Waals surface area contributed by atoms with Crippen molar-refractivity contribution in [3.8, 4) is 0 Å². The predicted octanol–water partition coefficient (Wildman–Crippen LogP) is 3.25. The summed E-state index contributed by atoms with van der Waals surface area (Å²) in [7, 11) is 0. The molecule has 1 fully saturated rings. The Bertz CT molecular complexity index is 689. The first-order valence-electron chi connectivity index (χ1n) is 8.63. The molecule has 0 bridgehead atoms. The molecule has 1 aliphatic carbocycles. The predicted molar refractivity (Wildman–Crippen MR) is 91.4 cm³/mol. The molecular weight excluding hydrogens is 304 g/mol. The molecule has 2 aromatic rings. The van der Waals surface area contributed by atoms with E-state index >= 15 is 0 Å². The lowest BCUT2D eigenvalue weighted by molar-refractivity contribution is 0.238. The normalized spacial score (nSPS) is 19.5. The maximum absolute atomic E-state index is 11.9. The van der Waals surface area contributed by atoms with E-state index in [-0.39, 0.29) is 6.03 Å². The van der Waals surface area contributed by atoms with Crippen LogP contribution >= 0.6 is 0 Å². The lowest BCUT2D eigenvalue weighted by atomic mass is 10.2. The first-order valence-corrected chi connectivity index (χ1v) is 8.63. The fraction of sp³-hybridized carbons (Fsp3) is 0.556. The zero-order valence-corrected chi connectivity index (χ0v) is 14.6. The van der Waals surface area contributed by atoms with Gasteiger partial charge >= 0.3 is 6.03 Å². The Kier molecular flexibility index (Phi) is 4.92. The van der Waals surface area contributed by atoms with Crippen LogP contribution in [0.2, 0.25) is 0 Å². The van der Waals surface area contributed by atoms with Crippen LogP contribution in [-0.4, -0.2) is 15.6 Å². The molecule has 6 heteroatoms. The fourth-order valence-electron chi connectivity index (χ4n) is 2.86. The number of hydrogen-bond acceptors (Lipinski definition) is 3. The molecule has 130 valence electrons. The standard InChI is InChI=1S/C18H26N4O2/c1-12(2)11-22-7-6-19-17(22)10-21-18(23)20-9-14-4-5-16(24-14)15-8-13(15)3/h4-7,12-13,15H,8-11H2,1-3H3,(H2,20,21,23)/t13-,15-/m0/s1. The Morgan fingerprint density at radius 2 is 2.12 bits per heavy atom. The number of nitrogens with one attached hydrogen (secondary N) is 2. The van der Waals surface area contributed by atoms with E-state index in [1.54, 1.807) is 6.20 Å². The molecule has 0 aliphatic heterocycles. The Morgan fingerprint density at radius 3 is 2.83 bits per heavy atom. The van der Waals surface area contributed by atoms with Crippen molar-refractivity contribution in [3.05, 3.63) is 41.9 Å². The van der Waals surface area contributed by atoms with Gasteiger partial charge in [0, 0.05) is 24.9 Å². The van der Waals surface area contributed by atoms with Crippen molar-refractivity contribution in [2.45, 2.75) is 52.7 Å². The van der Waals surface area contributed by atoms with Crippen molar-refractivity contribution in [2.75, 3.05) is 0 Å². The van der Waals surface area contributed by atoms with E-state index in [1.165, 1.54) is 6.42 Å². The molecule has 24 heavy (non-hydrogen) atoms. The third kappa shape index (κ3) is 4.19. The average molecular weight is 330 g/mol. The van der Waals surface area contributed by atoms with E-state index in [1.807, 2.05) is 18.3 Å². The summed E-state index contributed by atoms with van der Waals surface area (Å²) in [4.78, 5) is 16.2. The van der Waals surface area contributed by atoms with E-state index in [0.29, 0.717) is 24.9 Å². The van der Waals surface area contributed by atoms with Crippen molar-refractivity contribution in [2.24, 2.45) is 11.8 Å². The van der Waals surface area contributed by atoms with Crippen molar-refractivity contribution in [1.82, 2.24) is 20.2 Å². The van der Waals surface area contributed by atoms with Crippen LogP contribution in [0.15, 0.2) is 28.9 Å². The van der Waals surface area contributed by atoms with Gasteiger partial charge in [0.25, 0.3) is 0 Å². The number of furan rings is 1. The molecule has 2 aromatic heterocycles. The molecular formula is C18H26N4O2. The second kappa shape index (κ2) is 7.11. The number of urea groups is 1. The summed E-state index contributed by atoms with van der Waals surface area (Å²) in [5.74, 6) is 4.51. The van der Waals surface area contributed by atoms with E-state index in [2.05, 4.69) is 41.0 Å². The maximum atomic E-state index is 11.9. The van der Waals surface area contributed by atoms with Crippen molar-refractivity contribution in [3.63, 3.8) is 0 Å². The smallest absolute Gasteiger partial charge is 0.315 e. The molecule has 6 nitrogen and oxygen atoms in total. The SMILES string of the molecule is CC(C)Cn1ccnc1CNC(=O)NCc1ccc([C@H]2C[C@@H]2C)o1. The maximum Gasteiger partial charge on any atom is 0.315 e. The van der Waals surface area contributed by atoms with Crippen LogP contribution in [0.5, 0.6) is 0 Å². The summed E-state index contributed by atoms with van der Waals surface area (Å²) in [6.07, 6.45) is 4.91. The van der Waals surface area contributed by atoms with Gasteiger partial charge in [0.1, 0.15) is 17.3 Å². The molecule has 0 spiro atoms. The lowest BCUT2D eigenvalue weighted by Gasteiger charge is -2.11. The highest BCUT2D eigenvalue weighted by atomic mass is 16.3. The molecule has 0 aromatic carbocycles. The molecule has 0 unspecified atom stereocenters. The highest BCUT2D eigenvalue weighted by Gasteiger charge is 2.36. The van der Waals surface area contributed by atoms with Crippen molar-refractivity contribution in [1.29, 1.82) is 0 Å². The van der Waals surface area contributed by atoms with Gasteiger partial charge in [0.2, 0.25) is 0 Å². The number of carbonyl (C=O) groups is 1. The molecule has 0 saturated heterocycles. The molecule has 2 N–H and O–H groups in total. The fourth-order valence-corrected chi connectivity index (χ4v) is 2.86. The van der Waals surface area contributed by atoms with Gasteiger partial charge in [-0.25, -0.2) is 9.78 Å². The van der Waals surface area contributed by atoms with Gasteiger partial charge in [-0.3, -0.25) is 0 Å².